The highest BCUT2D eigenvalue weighted by atomic mass is 19.1. The number of hydrogen-bond acceptors (Lipinski definition) is 3. The Balaban J connectivity index is 2.50. The van der Waals surface area contributed by atoms with E-state index in [0.717, 1.165) is 0 Å². The third-order valence-electron chi connectivity index (χ3n) is 2.30. The highest BCUT2D eigenvalue weighted by molar-refractivity contribution is 5.75. The minimum absolute atomic E-state index is 0.0519. The van der Waals surface area contributed by atoms with Gasteiger partial charge in [0.15, 0.2) is 11.6 Å². The van der Waals surface area contributed by atoms with Crippen LogP contribution in [0.5, 0.6) is 5.75 Å². The lowest BCUT2D eigenvalue weighted by molar-refractivity contribution is -0.129. The number of rotatable bonds is 5. The summed E-state index contributed by atoms with van der Waals surface area (Å²) in [6.07, 6.45) is 0.227. The van der Waals surface area contributed by atoms with E-state index in [1.807, 2.05) is 0 Å². The largest absolute Gasteiger partial charge is 0.490 e. The van der Waals surface area contributed by atoms with Crippen LogP contribution in [-0.4, -0.2) is 31.5 Å². The predicted molar refractivity (Wildman–Crippen MR) is 63.1 cm³/mol. The van der Waals surface area contributed by atoms with Gasteiger partial charge >= 0.3 is 0 Å². The van der Waals surface area contributed by atoms with Gasteiger partial charge in [0.05, 0.1) is 13.0 Å². The number of halogens is 1. The molecule has 0 unspecified atom stereocenters. The van der Waals surface area contributed by atoms with Crippen LogP contribution in [0.15, 0.2) is 18.2 Å². The zero-order valence-electron chi connectivity index (χ0n) is 10.1. The van der Waals surface area contributed by atoms with Gasteiger partial charge in [0.2, 0.25) is 5.91 Å². The van der Waals surface area contributed by atoms with E-state index in [0.29, 0.717) is 5.56 Å². The standard InChI is InChI=1S/C12H17FN2O2/c1-15(2)12(16)5-6-17-11-4-3-9(8-14)7-10(11)13/h3-4,7H,5-6,8,14H2,1-2H3. The van der Waals surface area contributed by atoms with Crippen molar-refractivity contribution in [1.82, 2.24) is 4.90 Å². The fourth-order valence-corrected chi connectivity index (χ4v) is 1.26. The van der Waals surface area contributed by atoms with Crippen molar-refractivity contribution in [2.45, 2.75) is 13.0 Å². The van der Waals surface area contributed by atoms with Crippen LogP contribution < -0.4 is 10.5 Å². The topological polar surface area (TPSA) is 55.6 Å². The highest BCUT2D eigenvalue weighted by Gasteiger charge is 2.07. The van der Waals surface area contributed by atoms with Crippen LogP contribution in [0.25, 0.3) is 0 Å². The van der Waals surface area contributed by atoms with Crippen LogP contribution in [0, 0.1) is 5.82 Å². The lowest BCUT2D eigenvalue weighted by atomic mass is 10.2. The summed E-state index contributed by atoms with van der Waals surface area (Å²) in [5, 5.41) is 0. The summed E-state index contributed by atoms with van der Waals surface area (Å²) in [5.74, 6) is -0.358. The van der Waals surface area contributed by atoms with E-state index in [4.69, 9.17) is 10.5 Å². The number of ether oxygens (including phenoxy) is 1. The molecule has 0 aliphatic carbocycles. The lowest BCUT2D eigenvalue weighted by Gasteiger charge is -2.11. The van der Waals surface area contributed by atoms with Crippen molar-refractivity contribution < 1.29 is 13.9 Å². The average Bonchev–Trinajstić information content (AvgIpc) is 2.30. The van der Waals surface area contributed by atoms with Gasteiger partial charge in [-0.2, -0.15) is 0 Å². The van der Waals surface area contributed by atoms with Crippen LogP contribution in [0.1, 0.15) is 12.0 Å². The molecule has 0 bridgehead atoms. The first kappa shape index (κ1) is 13.4. The monoisotopic (exact) mass is 240 g/mol. The summed E-state index contributed by atoms with van der Waals surface area (Å²) in [4.78, 5) is 12.7. The van der Waals surface area contributed by atoms with Crippen LogP contribution in [-0.2, 0) is 11.3 Å². The number of benzene rings is 1. The molecule has 0 aliphatic rings. The molecule has 17 heavy (non-hydrogen) atoms. The molecule has 0 heterocycles. The van der Waals surface area contributed by atoms with Crippen LogP contribution in [0.4, 0.5) is 4.39 Å². The zero-order valence-corrected chi connectivity index (χ0v) is 10.1. The molecule has 0 spiro atoms. The molecule has 1 aromatic rings. The van der Waals surface area contributed by atoms with Crippen molar-refractivity contribution in [3.05, 3.63) is 29.6 Å². The van der Waals surface area contributed by atoms with Gasteiger partial charge in [-0.25, -0.2) is 4.39 Å². The smallest absolute Gasteiger partial charge is 0.225 e. The molecule has 1 amide bonds. The number of carbonyl (C=O) groups is 1. The highest BCUT2D eigenvalue weighted by Crippen LogP contribution is 2.18. The molecular formula is C12H17FN2O2. The minimum Gasteiger partial charge on any atom is -0.490 e. The molecule has 0 atom stereocenters. The van der Waals surface area contributed by atoms with Crippen molar-refractivity contribution in [3.8, 4) is 5.75 Å². The Kier molecular flexibility index (Phi) is 4.90. The first-order valence-electron chi connectivity index (χ1n) is 5.36. The van der Waals surface area contributed by atoms with Crippen molar-refractivity contribution in [2.75, 3.05) is 20.7 Å². The summed E-state index contributed by atoms with van der Waals surface area (Å²) >= 11 is 0. The Morgan fingerprint density at radius 1 is 1.47 bits per heavy atom. The molecule has 0 aliphatic heterocycles. The van der Waals surface area contributed by atoms with Crippen LogP contribution >= 0.6 is 0 Å². The van der Waals surface area contributed by atoms with E-state index in [-0.39, 0.29) is 31.2 Å². The van der Waals surface area contributed by atoms with Crippen LogP contribution in [0.3, 0.4) is 0 Å². The molecule has 2 N–H and O–H groups in total. The molecule has 1 aromatic carbocycles. The van der Waals surface area contributed by atoms with Crippen molar-refractivity contribution in [1.29, 1.82) is 0 Å². The molecule has 0 radical (unpaired) electrons. The Morgan fingerprint density at radius 3 is 2.71 bits per heavy atom. The first-order chi connectivity index (χ1) is 8.04. The first-order valence-corrected chi connectivity index (χ1v) is 5.36. The number of nitrogens with two attached hydrogens (primary N) is 1. The minimum atomic E-state index is -0.453. The third kappa shape index (κ3) is 4.03. The summed E-state index contributed by atoms with van der Waals surface area (Å²) in [7, 11) is 3.33. The number of carbonyl (C=O) groups excluding carboxylic acids is 1. The number of nitrogens with zero attached hydrogens (tertiary/aromatic N) is 1. The van der Waals surface area contributed by atoms with Gasteiger partial charge in [0, 0.05) is 20.6 Å². The Bertz CT molecular complexity index is 394. The Labute approximate surface area is 100 Å². The molecule has 0 aromatic heterocycles. The van der Waals surface area contributed by atoms with E-state index in [1.54, 1.807) is 20.2 Å². The van der Waals surface area contributed by atoms with E-state index in [1.165, 1.54) is 17.0 Å². The maximum Gasteiger partial charge on any atom is 0.225 e. The van der Waals surface area contributed by atoms with E-state index < -0.39 is 5.82 Å². The summed E-state index contributed by atoms with van der Waals surface area (Å²) in [5.41, 5.74) is 6.09. The second-order valence-electron chi connectivity index (χ2n) is 3.86. The Hall–Kier alpha value is -1.62. The molecule has 0 fully saturated rings. The maximum absolute atomic E-state index is 13.4. The predicted octanol–water partition coefficient (Wildman–Crippen LogP) is 1.14. The van der Waals surface area contributed by atoms with Gasteiger partial charge in [-0.3, -0.25) is 4.79 Å². The van der Waals surface area contributed by atoms with Gasteiger partial charge in [-0.1, -0.05) is 6.07 Å². The molecule has 0 saturated heterocycles. The van der Waals surface area contributed by atoms with Gasteiger partial charge in [-0.15, -0.1) is 0 Å². The summed E-state index contributed by atoms with van der Waals surface area (Å²) < 4.78 is 18.6. The van der Waals surface area contributed by atoms with Gasteiger partial charge in [0.25, 0.3) is 0 Å². The molecular weight excluding hydrogens is 223 g/mol. The van der Waals surface area contributed by atoms with E-state index in [2.05, 4.69) is 0 Å². The van der Waals surface area contributed by atoms with Crippen molar-refractivity contribution in [3.63, 3.8) is 0 Å². The fourth-order valence-electron chi connectivity index (χ4n) is 1.26. The average molecular weight is 240 g/mol. The summed E-state index contributed by atoms with van der Waals surface area (Å²) in [6, 6.07) is 4.56. The van der Waals surface area contributed by atoms with Crippen LogP contribution in [0.2, 0.25) is 0 Å². The SMILES string of the molecule is CN(C)C(=O)CCOc1ccc(CN)cc1F. The van der Waals surface area contributed by atoms with Gasteiger partial charge < -0.3 is 15.4 Å². The van der Waals surface area contributed by atoms with E-state index >= 15 is 0 Å². The van der Waals surface area contributed by atoms with Gasteiger partial charge in [0.1, 0.15) is 0 Å². The zero-order chi connectivity index (χ0) is 12.8. The number of hydrogen-bond donors (Lipinski definition) is 1. The van der Waals surface area contributed by atoms with Crippen molar-refractivity contribution in [2.24, 2.45) is 5.73 Å². The summed E-state index contributed by atoms with van der Waals surface area (Å²) in [6.45, 7) is 0.451. The molecule has 0 saturated carbocycles. The third-order valence-corrected chi connectivity index (χ3v) is 2.30. The normalized spacial score (nSPS) is 10.1. The second kappa shape index (κ2) is 6.20. The van der Waals surface area contributed by atoms with Gasteiger partial charge in [-0.05, 0) is 17.7 Å². The van der Waals surface area contributed by atoms with Crippen molar-refractivity contribution >= 4 is 5.91 Å². The Morgan fingerprint density at radius 2 is 2.18 bits per heavy atom. The number of amides is 1. The molecule has 4 nitrogen and oxygen atoms in total. The van der Waals surface area contributed by atoms with E-state index in [9.17, 15) is 9.18 Å². The molecule has 94 valence electrons. The fraction of sp³-hybridized carbons (Fsp3) is 0.417. The quantitative estimate of drug-likeness (QED) is 0.839. The maximum atomic E-state index is 13.4. The molecule has 1 rings (SSSR count). The lowest BCUT2D eigenvalue weighted by Crippen LogP contribution is -2.23. The molecule has 5 heteroatoms. The second-order valence-corrected chi connectivity index (χ2v) is 3.86.